The fourth-order valence-electron chi connectivity index (χ4n) is 3.29. The molecule has 0 aliphatic carbocycles. The van der Waals surface area contributed by atoms with Crippen LogP contribution in [0, 0.1) is 0 Å². The van der Waals surface area contributed by atoms with Crippen LogP contribution in [0.5, 0.6) is 0 Å². The minimum Gasteiger partial charge on any atom is -0.397 e. The summed E-state index contributed by atoms with van der Waals surface area (Å²) in [5, 5.41) is 11.6. The summed E-state index contributed by atoms with van der Waals surface area (Å²) in [5.41, 5.74) is 0.0309. The van der Waals surface area contributed by atoms with Crippen molar-refractivity contribution >= 4 is 17.3 Å². The molecule has 134 valence electrons. The van der Waals surface area contributed by atoms with Gasteiger partial charge < -0.3 is 9.73 Å². The Morgan fingerprint density at radius 2 is 2.12 bits per heavy atom. The zero-order valence-corrected chi connectivity index (χ0v) is 14.9. The van der Waals surface area contributed by atoms with Crippen molar-refractivity contribution in [3.05, 3.63) is 57.8 Å². The summed E-state index contributed by atoms with van der Waals surface area (Å²) in [5.74, 6) is 0.0268. The Balaban J connectivity index is 1.83. The molecule has 1 aromatic carbocycles. The summed E-state index contributed by atoms with van der Waals surface area (Å²) in [6, 6.07) is 7.43. The molecule has 2 atom stereocenters. The van der Waals surface area contributed by atoms with Gasteiger partial charge in [-0.05, 0) is 31.9 Å². The fourth-order valence-corrected chi connectivity index (χ4v) is 3.78. The van der Waals surface area contributed by atoms with Gasteiger partial charge in [0.05, 0.1) is 18.1 Å². The van der Waals surface area contributed by atoms with E-state index in [0.717, 1.165) is 18.0 Å². The number of aromatic nitrogens is 4. The molecule has 0 radical (unpaired) electrons. The molecule has 8 nitrogen and oxygen atoms in total. The van der Waals surface area contributed by atoms with Gasteiger partial charge in [0, 0.05) is 29.7 Å². The molecule has 9 heteroatoms. The number of carbonyl (C=O) groups is 1. The average Bonchev–Trinajstić information content (AvgIpc) is 3.34. The highest BCUT2D eigenvalue weighted by Crippen LogP contribution is 2.36. The number of hydrogen-bond donors (Lipinski definition) is 1. The van der Waals surface area contributed by atoms with Crippen LogP contribution in [0.1, 0.15) is 36.0 Å². The normalized spacial score (nSPS) is 23.0. The van der Waals surface area contributed by atoms with Crippen molar-refractivity contribution in [2.75, 3.05) is 6.54 Å². The molecule has 0 unspecified atom stereocenters. The number of para-hydroxylation sites is 1. The lowest BCUT2D eigenvalue weighted by molar-refractivity contribution is 0.0804. The van der Waals surface area contributed by atoms with Crippen molar-refractivity contribution in [2.24, 2.45) is 0 Å². The zero-order valence-electron chi connectivity index (χ0n) is 14.1. The molecule has 1 aliphatic rings. The highest BCUT2D eigenvalue weighted by Gasteiger charge is 2.48. The number of rotatable bonds is 4. The molecule has 3 heterocycles. The Labute approximate surface area is 153 Å². The summed E-state index contributed by atoms with van der Waals surface area (Å²) >= 11 is 0.730. The molecule has 0 saturated carbocycles. The van der Waals surface area contributed by atoms with E-state index in [-0.39, 0.29) is 17.7 Å². The van der Waals surface area contributed by atoms with Crippen LogP contribution in [0.2, 0.25) is 0 Å². The number of benzene rings is 1. The second kappa shape index (κ2) is 6.58. The Bertz CT molecular complexity index is 970. The molecule has 1 fully saturated rings. The number of hydrogen-bond acceptors (Lipinski definition) is 8. The number of carbonyl (C=O) groups excluding carboxylic acids is 1. The maximum Gasteiger partial charge on any atom is 0.414 e. The minimum atomic E-state index is -1.02. The zero-order chi connectivity index (χ0) is 18.1. The lowest BCUT2D eigenvalue weighted by atomic mass is 9.73. The molecule has 2 aromatic heterocycles. The van der Waals surface area contributed by atoms with Gasteiger partial charge in [-0.25, -0.2) is 4.79 Å². The van der Waals surface area contributed by atoms with Crippen LogP contribution in [-0.4, -0.2) is 37.7 Å². The first-order chi connectivity index (χ1) is 12.6. The Hall–Kier alpha value is -2.65. The molecule has 3 aromatic rings. The molecule has 1 N–H and O–H groups in total. The maximum absolute atomic E-state index is 13.6. The third-order valence-electron chi connectivity index (χ3n) is 4.77. The van der Waals surface area contributed by atoms with Gasteiger partial charge in [0.2, 0.25) is 5.89 Å². The standard InChI is InChI=1S/C17H17N5O3S/c1-11-6-7-17(10-18-11,15-21-26-16(24)25-15)14(23)12-4-2-3-5-13(12)22-19-8-9-20-22/h2-5,8-9,11,18H,6-7,10H2,1H3/t11-,17+/m1/s1. The van der Waals surface area contributed by atoms with Crippen molar-refractivity contribution in [3.8, 4) is 5.69 Å². The maximum atomic E-state index is 13.6. The van der Waals surface area contributed by atoms with Crippen LogP contribution < -0.4 is 10.3 Å². The third-order valence-corrected chi connectivity index (χ3v) is 5.26. The van der Waals surface area contributed by atoms with Crippen LogP contribution in [-0.2, 0) is 5.41 Å². The Morgan fingerprint density at radius 1 is 1.35 bits per heavy atom. The molecule has 0 amide bonds. The van der Waals surface area contributed by atoms with Crippen molar-refractivity contribution in [1.29, 1.82) is 0 Å². The van der Waals surface area contributed by atoms with E-state index in [9.17, 15) is 9.59 Å². The second-order valence-electron chi connectivity index (χ2n) is 6.41. The van der Waals surface area contributed by atoms with E-state index >= 15 is 0 Å². The molecular weight excluding hydrogens is 354 g/mol. The molecular formula is C17H17N5O3S. The van der Waals surface area contributed by atoms with Crippen molar-refractivity contribution in [2.45, 2.75) is 31.2 Å². The third kappa shape index (κ3) is 2.78. The van der Waals surface area contributed by atoms with Gasteiger partial charge >= 0.3 is 4.94 Å². The summed E-state index contributed by atoms with van der Waals surface area (Å²) in [6.07, 6.45) is 4.43. The molecule has 1 saturated heterocycles. The lowest BCUT2D eigenvalue weighted by Gasteiger charge is -2.36. The van der Waals surface area contributed by atoms with Gasteiger partial charge in [0.25, 0.3) is 0 Å². The first-order valence-electron chi connectivity index (χ1n) is 8.31. The number of ketones is 1. The first kappa shape index (κ1) is 16.8. The smallest absolute Gasteiger partial charge is 0.397 e. The summed E-state index contributed by atoms with van der Waals surface area (Å²) < 4.78 is 9.43. The minimum absolute atomic E-state index is 0.154. The van der Waals surface area contributed by atoms with Gasteiger partial charge in [0.15, 0.2) is 5.78 Å². The van der Waals surface area contributed by atoms with E-state index in [0.29, 0.717) is 24.2 Å². The summed E-state index contributed by atoms with van der Waals surface area (Å²) in [4.78, 5) is 26.1. The number of piperidine rings is 1. The predicted molar refractivity (Wildman–Crippen MR) is 94.7 cm³/mol. The largest absolute Gasteiger partial charge is 0.414 e. The van der Waals surface area contributed by atoms with Gasteiger partial charge in [-0.3, -0.25) is 4.79 Å². The fraction of sp³-hybridized carbons (Fsp3) is 0.353. The van der Waals surface area contributed by atoms with Crippen LogP contribution >= 0.6 is 11.5 Å². The monoisotopic (exact) mass is 371 g/mol. The van der Waals surface area contributed by atoms with Crippen LogP contribution in [0.3, 0.4) is 0 Å². The molecule has 26 heavy (non-hydrogen) atoms. The molecule has 0 spiro atoms. The quantitative estimate of drug-likeness (QED) is 0.694. The van der Waals surface area contributed by atoms with Gasteiger partial charge in [-0.2, -0.15) is 19.4 Å². The van der Waals surface area contributed by atoms with E-state index in [2.05, 4.69) is 26.8 Å². The van der Waals surface area contributed by atoms with Crippen molar-refractivity contribution < 1.29 is 9.21 Å². The van der Waals surface area contributed by atoms with Crippen LogP contribution in [0.4, 0.5) is 0 Å². The van der Waals surface area contributed by atoms with Crippen molar-refractivity contribution in [3.63, 3.8) is 0 Å². The summed E-state index contributed by atoms with van der Waals surface area (Å²) in [7, 11) is 0. The predicted octanol–water partition coefficient (Wildman–Crippen LogP) is 1.57. The number of nitrogens with one attached hydrogen (secondary N) is 1. The van der Waals surface area contributed by atoms with Gasteiger partial charge in [0.1, 0.15) is 5.41 Å². The Kier molecular flexibility index (Phi) is 4.25. The van der Waals surface area contributed by atoms with Gasteiger partial charge in [-0.15, -0.1) is 0 Å². The first-order valence-corrected chi connectivity index (χ1v) is 9.09. The van der Waals surface area contributed by atoms with E-state index in [4.69, 9.17) is 4.42 Å². The molecule has 0 bridgehead atoms. The summed E-state index contributed by atoms with van der Waals surface area (Å²) in [6.45, 7) is 2.42. The molecule has 1 aliphatic heterocycles. The van der Waals surface area contributed by atoms with Crippen molar-refractivity contribution in [1.82, 2.24) is 24.7 Å². The average molecular weight is 371 g/mol. The van der Waals surface area contributed by atoms with E-state index in [1.807, 2.05) is 6.07 Å². The van der Waals surface area contributed by atoms with E-state index in [1.54, 1.807) is 30.6 Å². The second-order valence-corrected chi connectivity index (χ2v) is 7.11. The number of nitrogens with zero attached hydrogens (tertiary/aromatic N) is 4. The van der Waals surface area contributed by atoms with E-state index < -0.39 is 10.4 Å². The van der Waals surface area contributed by atoms with Crippen LogP contribution in [0.15, 0.2) is 45.9 Å². The highest BCUT2D eigenvalue weighted by molar-refractivity contribution is 7.02. The number of Topliss-reactive ketones (excluding diaryl/α,β-unsaturated/α-hetero) is 1. The topological polar surface area (TPSA) is 103 Å². The van der Waals surface area contributed by atoms with Crippen LogP contribution in [0.25, 0.3) is 5.69 Å². The Morgan fingerprint density at radius 3 is 2.77 bits per heavy atom. The highest BCUT2D eigenvalue weighted by atomic mass is 32.1. The SMILES string of the molecule is C[C@@H]1CC[C@](C(=O)c2ccccc2-n2nccn2)(c2nsc(=O)o2)CN1. The lowest BCUT2D eigenvalue weighted by Crippen LogP contribution is -2.52. The molecule has 4 rings (SSSR count). The van der Waals surface area contributed by atoms with E-state index in [1.165, 1.54) is 4.80 Å². The van der Waals surface area contributed by atoms with Gasteiger partial charge in [-0.1, -0.05) is 12.1 Å².